The summed E-state index contributed by atoms with van der Waals surface area (Å²) in [6, 6.07) is 0.933. The Morgan fingerprint density at radius 3 is 2.39 bits per heavy atom. The van der Waals surface area contributed by atoms with Crippen LogP contribution in [0.2, 0.25) is 0 Å². The summed E-state index contributed by atoms with van der Waals surface area (Å²) < 4.78 is 5.46. The molecule has 18 heavy (non-hydrogen) atoms. The summed E-state index contributed by atoms with van der Waals surface area (Å²) in [4.78, 5) is 5.19. The number of aryl methyl sites for hydroxylation is 1. The van der Waals surface area contributed by atoms with Crippen LogP contribution in [0, 0.1) is 18.8 Å². The molecule has 2 saturated heterocycles. The molecule has 0 amide bonds. The summed E-state index contributed by atoms with van der Waals surface area (Å²) in [7, 11) is 0. The van der Waals surface area contributed by atoms with Crippen molar-refractivity contribution < 1.29 is 4.42 Å². The van der Waals surface area contributed by atoms with E-state index in [4.69, 9.17) is 4.42 Å². The summed E-state index contributed by atoms with van der Waals surface area (Å²) in [5.74, 6) is 3.18. The summed E-state index contributed by atoms with van der Waals surface area (Å²) in [6.07, 6.45) is 2.87. The van der Waals surface area contributed by atoms with Crippen LogP contribution in [0.3, 0.4) is 0 Å². The van der Waals surface area contributed by atoms with Gasteiger partial charge in [-0.3, -0.25) is 9.80 Å². The zero-order valence-electron chi connectivity index (χ0n) is 10.9. The lowest BCUT2D eigenvalue weighted by atomic mass is 10.0. The fourth-order valence-electron chi connectivity index (χ4n) is 3.59. The molecule has 1 aliphatic carbocycles. The molecule has 1 aromatic heterocycles. The Kier molecular flexibility index (Phi) is 2.45. The number of hydrogen-bond acceptors (Lipinski definition) is 5. The smallest absolute Gasteiger partial charge is 0.230 e. The van der Waals surface area contributed by atoms with Crippen molar-refractivity contribution in [3.8, 4) is 0 Å². The average molecular weight is 248 g/mol. The number of aromatic nitrogens is 2. The van der Waals surface area contributed by atoms with Crippen LogP contribution in [0.15, 0.2) is 4.42 Å². The molecule has 0 N–H and O–H groups in total. The van der Waals surface area contributed by atoms with E-state index >= 15 is 0 Å². The van der Waals surface area contributed by atoms with E-state index in [2.05, 4.69) is 20.0 Å². The van der Waals surface area contributed by atoms with Crippen LogP contribution in [-0.4, -0.2) is 52.2 Å². The predicted octanol–water partition coefficient (Wildman–Crippen LogP) is 0.904. The van der Waals surface area contributed by atoms with Crippen LogP contribution in [0.5, 0.6) is 0 Å². The van der Waals surface area contributed by atoms with E-state index in [1.807, 2.05) is 6.92 Å². The van der Waals surface area contributed by atoms with Gasteiger partial charge in [-0.25, -0.2) is 0 Å². The normalized spacial score (nSPS) is 33.2. The number of nitrogens with zero attached hydrogens (tertiary/aromatic N) is 4. The number of rotatable bonds is 3. The molecular weight excluding hydrogens is 228 g/mol. The Hall–Kier alpha value is -0.940. The van der Waals surface area contributed by atoms with E-state index in [1.54, 1.807) is 0 Å². The highest BCUT2D eigenvalue weighted by atomic mass is 16.4. The van der Waals surface area contributed by atoms with Gasteiger partial charge in [-0.1, -0.05) is 0 Å². The average Bonchev–Trinajstić information content (AvgIpc) is 2.84. The topological polar surface area (TPSA) is 45.4 Å². The molecule has 2 aliphatic heterocycles. The predicted molar refractivity (Wildman–Crippen MR) is 65.9 cm³/mol. The largest absolute Gasteiger partial charge is 0.424 e. The number of hydrogen-bond donors (Lipinski definition) is 0. The van der Waals surface area contributed by atoms with Gasteiger partial charge in [0, 0.05) is 39.1 Å². The zero-order valence-corrected chi connectivity index (χ0v) is 10.9. The van der Waals surface area contributed by atoms with Crippen LogP contribution in [0.25, 0.3) is 0 Å². The van der Waals surface area contributed by atoms with E-state index in [-0.39, 0.29) is 0 Å². The fraction of sp³-hybridized carbons (Fsp3) is 0.846. The van der Waals surface area contributed by atoms with Gasteiger partial charge in [0.15, 0.2) is 0 Å². The Labute approximate surface area is 107 Å². The summed E-state index contributed by atoms with van der Waals surface area (Å²) >= 11 is 0. The minimum atomic E-state index is 0.671. The third-order valence-corrected chi connectivity index (χ3v) is 4.58. The van der Waals surface area contributed by atoms with Crippen molar-refractivity contribution in [2.45, 2.75) is 32.4 Å². The van der Waals surface area contributed by atoms with Crippen LogP contribution in [0.4, 0.5) is 0 Å². The van der Waals surface area contributed by atoms with Crippen molar-refractivity contribution in [2.75, 3.05) is 26.2 Å². The first-order valence-corrected chi connectivity index (χ1v) is 7.03. The molecule has 3 fully saturated rings. The Balaban J connectivity index is 1.35. The molecule has 5 heteroatoms. The van der Waals surface area contributed by atoms with Crippen molar-refractivity contribution in [2.24, 2.45) is 11.8 Å². The second-order valence-corrected chi connectivity index (χ2v) is 6.11. The molecule has 5 nitrogen and oxygen atoms in total. The standard InChI is InChI=1S/C13H20N4O/c1-9-14-15-13(18-9)8-16-4-10-6-17(12-2-3-12)7-11(10)5-16/h10-12H,2-8H2,1H3. The minimum Gasteiger partial charge on any atom is -0.424 e. The second-order valence-electron chi connectivity index (χ2n) is 6.11. The van der Waals surface area contributed by atoms with Gasteiger partial charge < -0.3 is 4.42 Å². The molecule has 3 aliphatic rings. The Morgan fingerprint density at radius 1 is 1.11 bits per heavy atom. The van der Waals surface area contributed by atoms with Gasteiger partial charge in [-0.2, -0.15) is 0 Å². The van der Waals surface area contributed by atoms with Crippen molar-refractivity contribution in [1.82, 2.24) is 20.0 Å². The van der Waals surface area contributed by atoms with Crippen molar-refractivity contribution in [3.63, 3.8) is 0 Å². The van der Waals surface area contributed by atoms with E-state index in [9.17, 15) is 0 Å². The van der Waals surface area contributed by atoms with Gasteiger partial charge in [-0.15, -0.1) is 10.2 Å². The third kappa shape index (κ3) is 1.95. The molecule has 1 aromatic rings. The van der Waals surface area contributed by atoms with E-state index in [0.717, 1.165) is 30.3 Å². The highest BCUT2D eigenvalue weighted by Crippen LogP contribution is 2.38. The van der Waals surface area contributed by atoms with Crippen LogP contribution >= 0.6 is 0 Å². The SMILES string of the molecule is Cc1nnc(CN2CC3CN(C4CC4)CC3C2)o1. The molecule has 0 spiro atoms. The maximum atomic E-state index is 5.46. The van der Waals surface area contributed by atoms with Gasteiger partial charge in [0.05, 0.1) is 6.54 Å². The Morgan fingerprint density at radius 2 is 1.83 bits per heavy atom. The van der Waals surface area contributed by atoms with E-state index < -0.39 is 0 Å². The highest BCUT2D eigenvalue weighted by Gasteiger charge is 2.44. The first-order chi connectivity index (χ1) is 8.78. The first kappa shape index (κ1) is 10.9. The lowest BCUT2D eigenvalue weighted by Gasteiger charge is -2.19. The molecule has 0 bridgehead atoms. The maximum absolute atomic E-state index is 5.46. The zero-order chi connectivity index (χ0) is 12.1. The molecule has 4 rings (SSSR count). The lowest BCUT2D eigenvalue weighted by Crippen LogP contribution is -2.30. The molecule has 98 valence electrons. The molecule has 0 radical (unpaired) electrons. The van der Waals surface area contributed by atoms with E-state index in [0.29, 0.717) is 5.89 Å². The van der Waals surface area contributed by atoms with Crippen molar-refractivity contribution in [3.05, 3.63) is 11.8 Å². The van der Waals surface area contributed by atoms with Gasteiger partial charge in [-0.05, 0) is 24.7 Å². The summed E-state index contributed by atoms with van der Waals surface area (Å²) in [6.45, 7) is 7.72. The van der Waals surface area contributed by atoms with E-state index in [1.165, 1.54) is 39.0 Å². The molecule has 3 heterocycles. The van der Waals surface area contributed by atoms with Crippen LogP contribution < -0.4 is 0 Å². The lowest BCUT2D eigenvalue weighted by molar-refractivity contribution is 0.230. The Bertz CT molecular complexity index is 428. The third-order valence-electron chi connectivity index (χ3n) is 4.58. The number of fused-ring (bicyclic) bond motifs is 1. The second kappa shape index (κ2) is 4.03. The van der Waals surface area contributed by atoms with Crippen molar-refractivity contribution in [1.29, 1.82) is 0 Å². The molecule has 2 atom stereocenters. The van der Waals surface area contributed by atoms with Gasteiger partial charge >= 0.3 is 0 Å². The van der Waals surface area contributed by atoms with Crippen LogP contribution in [0.1, 0.15) is 24.6 Å². The molecule has 0 aromatic carbocycles. The maximum Gasteiger partial charge on any atom is 0.230 e. The molecular formula is C13H20N4O. The van der Waals surface area contributed by atoms with Crippen LogP contribution in [-0.2, 0) is 6.54 Å². The quantitative estimate of drug-likeness (QED) is 0.795. The summed E-state index contributed by atoms with van der Waals surface area (Å²) in [5, 5.41) is 7.98. The van der Waals surface area contributed by atoms with Crippen molar-refractivity contribution >= 4 is 0 Å². The monoisotopic (exact) mass is 248 g/mol. The van der Waals surface area contributed by atoms with Gasteiger partial charge in [0.2, 0.25) is 11.8 Å². The number of likely N-dealkylation sites (tertiary alicyclic amines) is 2. The summed E-state index contributed by atoms with van der Waals surface area (Å²) in [5.41, 5.74) is 0. The fourth-order valence-corrected chi connectivity index (χ4v) is 3.59. The molecule has 2 unspecified atom stereocenters. The highest BCUT2D eigenvalue weighted by molar-refractivity contribution is 4.98. The first-order valence-electron chi connectivity index (χ1n) is 7.03. The molecule has 1 saturated carbocycles. The minimum absolute atomic E-state index is 0.671. The van der Waals surface area contributed by atoms with Gasteiger partial charge in [0.25, 0.3) is 0 Å². The van der Waals surface area contributed by atoms with Gasteiger partial charge in [0.1, 0.15) is 0 Å².